The second-order valence-corrected chi connectivity index (χ2v) is 12.2. The first-order chi connectivity index (χ1) is 16.9. The van der Waals surface area contributed by atoms with Gasteiger partial charge in [0.15, 0.2) is 21.5 Å². The number of benzene rings is 2. The van der Waals surface area contributed by atoms with Crippen LogP contribution in [0.5, 0.6) is 0 Å². The molecule has 6 atom stereocenters. The van der Waals surface area contributed by atoms with Crippen LogP contribution in [0.15, 0.2) is 41.3 Å². The average molecular weight is 544 g/mol. The maximum atomic E-state index is 13.6. The molecule has 2 unspecified atom stereocenters. The second-order valence-electron chi connectivity index (χ2n) is 9.65. The lowest BCUT2D eigenvalue weighted by Gasteiger charge is -2.46. The standard InChI is InChI=1S/C25H28ClF2NO6S/c1-2-21(30)23(31)25(33)14-4-5-15(25)11-17(10-14)36(34,35)22-9-13(3-7-18(22)26)24(32)29-16-6-8-19(27)20(28)12-16/h3,6-9,12,14-15,17,21,23,30-31,33H,2,4-5,10-11H2,1H3,(H,29,32)/t14-,15+,17?,21-,23+,25?/m1/s1. The van der Waals surface area contributed by atoms with Crippen LogP contribution >= 0.6 is 11.6 Å². The number of sulfone groups is 1. The van der Waals surface area contributed by atoms with Gasteiger partial charge < -0.3 is 20.6 Å². The van der Waals surface area contributed by atoms with Crippen molar-refractivity contribution in [3.63, 3.8) is 0 Å². The van der Waals surface area contributed by atoms with Crippen LogP contribution in [0.1, 0.15) is 49.4 Å². The van der Waals surface area contributed by atoms with E-state index >= 15 is 0 Å². The molecule has 2 aliphatic carbocycles. The smallest absolute Gasteiger partial charge is 0.255 e. The average Bonchev–Trinajstić information content (AvgIpc) is 3.00. The van der Waals surface area contributed by atoms with Crippen LogP contribution in [0.3, 0.4) is 0 Å². The lowest BCUT2D eigenvalue weighted by molar-refractivity contribution is -0.176. The van der Waals surface area contributed by atoms with E-state index in [9.17, 15) is 37.3 Å². The van der Waals surface area contributed by atoms with Gasteiger partial charge in [0.25, 0.3) is 5.91 Å². The number of rotatable bonds is 7. The molecule has 2 aliphatic rings. The predicted molar refractivity (Wildman–Crippen MR) is 129 cm³/mol. The van der Waals surface area contributed by atoms with E-state index in [-0.39, 0.29) is 40.4 Å². The Kier molecular flexibility index (Phi) is 7.47. The molecule has 36 heavy (non-hydrogen) atoms. The number of hydrogen-bond acceptors (Lipinski definition) is 6. The van der Waals surface area contributed by atoms with Gasteiger partial charge in [0.05, 0.1) is 26.9 Å². The highest BCUT2D eigenvalue weighted by Gasteiger charge is 2.60. The first kappa shape index (κ1) is 26.9. The summed E-state index contributed by atoms with van der Waals surface area (Å²) in [4.78, 5) is 12.4. The fourth-order valence-electron chi connectivity index (χ4n) is 5.63. The quantitative estimate of drug-likeness (QED) is 0.422. The van der Waals surface area contributed by atoms with Gasteiger partial charge in [0.1, 0.15) is 6.10 Å². The number of fused-ring (bicyclic) bond motifs is 2. The van der Waals surface area contributed by atoms with Crippen LogP contribution in [-0.2, 0) is 9.84 Å². The number of halogens is 3. The van der Waals surface area contributed by atoms with E-state index in [0.717, 1.165) is 18.2 Å². The summed E-state index contributed by atoms with van der Waals surface area (Å²) < 4.78 is 53.9. The Morgan fingerprint density at radius 1 is 1.11 bits per heavy atom. The highest BCUT2D eigenvalue weighted by molar-refractivity contribution is 7.92. The van der Waals surface area contributed by atoms with E-state index in [2.05, 4.69) is 5.32 Å². The Hall–Kier alpha value is -2.11. The van der Waals surface area contributed by atoms with Crippen molar-refractivity contribution in [1.29, 1.82) is 0 Å². The maximum absolute atomic E-state index is 13.6. The third kappa shape index (κ3) is 4.65. The van der Waals surface area contributed by atoms with Crippen LogP contribution in [0.4, 0.5) is 14.5 Å². The SMILES string of the molecule is CC[C@@H](O)[C@H](O)C1(O)[C@@H]2CC[C@H]1CC(S(=O)(=O)c1cc(C(=O)Nc3ccc(F)c(F)c3)ccc1Cl)C2. The highest BCUT2D eigenvalue weighted by Crippen LogP contribution is 2.54. The van der Waals surface area contributed by atoms with Crippen LogP contribution in [0.25, 0.3) is 0 Å². The Morgan fingerprint density at radius 3 is 2.33 bits per heavy atom. The molecular formula is C25H28ClF2NO6S. The number of hydrogen-bond donors (Lipinski definition) is 4. The minimum absolute atomic E-state index is 0.00535. The summed E-state index contributed by atoms with van der Waals surface area (Å²) in [5.74, 6) is -3.99. The summed E-state index contributed by atoms with van der Waals surface area (Å²) in [5.41, 5.74) is -1.62. The van der Waals surface area contributed by atoms with Crippen molar-refractivity contribution in [2.75, 3.05) is 5.32 Å². The van der Waals surface area contributed by atoms with E-state index in [4.69, 9.17) is 11.6 Å². The van der Waals surface area contributed by atoms with Crippen molar-refractivity contribution in [1.82, 2.24) is 0 Å². The van der Waals surface area contributed by atoms with Gasteiger partial charge in [-0.05, 0) is 74.3 Å². The van der Waals surface area contributed by atoms with Crippen LogP contribution in [0, 0.1) is 23.5 Å². The van der Waals surface area contributed by atoms with Gasteiger partial charge in [0.2, 0.25) is 0 Å². The molecule has 2 aromatic rings. The van der Waals surface area contributed by atoms with Crippen LogP contribution in [-0.4, -0.2) is 52.7 Å². The largest absolute Gasteiger partial charge is 0.390 e. The molecule has 0 aliphatic heterocycles. The summed E-state index contributed by atoms with van der Waals surface area (Å²) in [6.45, 7) is 1.69. The van der Waals surface area contributed by atoms with Gasteiger partial charge in [-0.25, -0.2) is 17.2 Å². The summed E-state index contributed by atoms with van der Waals surface area (Å²) in [5, 5.41) is 33.5. The maximum Gasteiger partial charge on any atom is 0.255 e. The third-order valence-electron chi connectivity index (χ3n) is 7.64. The summed E-state index contributed by atoms with van der Waals surface area (Å²) in [7, 11) is -4.04. The Labute approximate surface area is 213 Å². The minimum atomic E-state index is -4.04. The van der Waals surface area contributed by atoms with Gasteiger partial charge in [-0.15, -0.1) is 0 Å². The van der Waals surface area contributed by atoms with Crippen molar-refractivity contribution >= 4 is 33.0 Å². The first-order valence-electron chi connectivity index (χ1n) is 11.8. The van der Waals surface area contributed by atoms with Crippen molar-refractivity contribution in [2.24, 2.45) is 11.8 Å². The van der Waals surface area contributed by atoms with Crippen LogP contribution < -0.4 is 5.32 Å². The summed E-state index contributed by atoms with van der Waals surface area (Å²) in [6.07, 6.45) is -1.06. The van der Waals surface area contributed by atoms with E-state index in [0.29, 0.717) is 12.8 Å². The van der Waals surface area contributed by atoms with E-state index < -0.39 is 62.3 Å². The minimum Gasteiger partial charge on any atom is -0.390 e. The number of aliphatic hydroxyl groups excluding tert-OH is 2. The molecule has 7 nitrogen and oxygen atoms in total. The number of carbonyl (C=O) groups is 1. The fourth-order valence-corrected chi connectivity index (χ4v) is 8.03. The molecule has 11 heteroatoms. The number of anilines is 1. The normalized spacial score (nSPS) is 27.5. The Morgan fingerprint density at radius 2 is 1.75 bits per heavy atom. The highest BCUT2D eigenvalue weighted by atomic mass is 35.5. The molecule has 196 valence electrons. The lowest BCUT2D eigenvalue weighted by atomic mass is 9.69. The molecule has 2 saturated carbocycles. The Balaban J connectivity index is 1.58. The fraction of sp³-hybridized carbons (Fsp3) is 0.480. The number of nitrogens with one attached hydrogen (secondary N) is 1. The zero-order valence-corrected chi connectivity index (χ0v) is 21.1. The van der Waals surface area contributed by atoms with Gasteiger partial charge >= 0.3 is 0 Å². The lowest BCUT2D eigenvalue weighted by Crippen LogP contribution is -2.59. The number of carbonyl (C=O) groups excluding carboxylic acids is 1. The molecule has 0 spiro atoms. The molecule has 1 amide bonds. The first-order valence-corrected chi connectivity index (χ1v) is 13.7. The molecule has 0 radical (unpaired) electrons. The molecule has 4 N–H and O–H groups in total. The molecule has 0 aromatic heterocycles. The zero-order chi connectivity index (χ0) is 26.4. The molecular weight excluding hydrogens is 516 g/mol. The molecule has 0 saturated heterocycles. The van der Waals surface area contributed by atoms with Gasteiger partial charge in [-0.3, -0.25) is 4.79 Å². The molecule has 2 fully saturated rings. The van der Waals surface area contributed by atoms with E-state index in [1.165, 1.54) is 18.2 Å². The van der Waals surface area contributed by atoms with E-state index in [1.807, 2.05) is 0 Å². The summed E-state index contributed by atoms with van der Waals surface area (Å²) >= 11 is 6.23. The van der Waals surface area contributed by atoms with Crippen LogP contribution in [0.2, 0.25) is 5.02 Å². The molecule has 2 aromatic carbocycles. The van der Waals surface area contributed by atoms with Crippen molar-refractivity contribution < 1.29 is 37.3 Å². The second kappa shape index (κ2) is 9.98. The summed E-state index contributed by atoms with van der Waals surface area (Å²) in [6, 6.07) is 6.59. The molecule has 4 rings (SSSR count). The van der Waals surface area contributed by atoms with Gasteiger partial charge in [-0.1, -0.05) is 18.5 Å². The third-order valence-corrected chi connectivity index (χ3v) is 10.3. The molecule has 2 bridgehead atoms. The number of amides is 1. The Bertz CT molecular complexity index is 1260. The monoisotopic (exact) mass is 543 g/mol. The van der Waals surface area contributed by atoms with E-state index in [1.54, 1.807) is 6.92 Å². The van der Waals surface area contributed by atoms with Crippen molar-refractivity contribution in [3.8, 4) is 0 Å². The molecule has 0 heterocycles. The van der Waals surface area contributed by atoms with Gasteiger partial charge in [0, 0.05) is 17.3 Å². The van der Waals surface area contributed by atoms with Crippen molar-refractivity contribution in [2.45, 2.75) is 67.0 Å². The topological polar surface area (TPSA) is 124 Å². The number of aliphatic hydroxyl groups is 3. The predicted octanol–water partition coefficient (Wildman–Crippen LogP) is 3.70. The van der Waals surface area contributed by atoms with Crippen molar-refractivity contribution in [3.05, 3.63) is 58.6 Å². The van der Waals surface area contributed by atoms with Gasteiger partial charge in [-0.2, -0.15) is 0 Å². The zero-order valence-electron chi connectivity index (χ0n) is 19.5.